The molecule has 0 saturated carbocycles. The number of aliphatic imine (C=N–C) groups is 1. The van der Waals surface area contributed by atoms with E-state index >= 15 is 0 Å². The summed E-state index contributed by atoms with van der Waals surface area (Å²) in [5, 5.41) is 16.3. The van der Waals surface area contributed by atoms with Crippen LogP contribution in [0.25, 0.3) is 0 Å². The lowest BCUT2D eigenvalue weighted by molar-refractivity contribution is 0.195. The van der Waals surface area contributed by atoms with Gasteiger partial charge in [0, 0.05) is 25.8 Å². The second-order valence-corrected chi connectivity index (χ2v) is 5.00. The topological polar surface area (TPSA) is 79.0 Å². The Morgan fingerprint density at radius 3 is 2.83 bits per heavy atom. The first-order valence-electron chi connectivity index (χ1n) is 7.60. The van der Waals surface area contributed by atoms with Crippen LogP contribution in [0.5, 0.6) is 5.75 Å². The molecule has 23 heavy (non-hydrogen) atoms. The first kappa shape index (κ1) is 16.9. The molecule has 0 fully saturated rings. The fraction of sp³-hybridized carbons (Fsp3) is 0.353. The van der Waals surface area contributed by atoms with Gasteiger partial charge in [0.2, 0.25) is 0 Å². The smallest absolute Gasteiger partial charge is 0.191 e. The first-order valence-corrected chi connectivity index (χ1v) is 7.60. The number of phenolic OH excluding ortho intramolecular Hbond substituents is 1. The quantitative estimate of drug-likeness (QED) is 0.395. The van der Waals surface area contributed by atoms with E-state index in [0.717, 1.165) is 24.3 Å². The molecule has 0 bridgehead atoms. The van der Waals surface area contributed by atoms with Gasteiger partial charge in [-0.25, -0.2) is 4.99 Å². The molecule has 1 aromatic heterocycles. The van der Waals surface area contributed by atoms with Crippen molar-refractivity contribution in [2.75, 3.05) is 20.3 Å². The third kappa shape index (κ3) is 6.04. The highest BCUT2D eigenvalue weighted by Crippen LogP contribution is 2.16. The summed E-state index contributed by atoms with van der Waals surface area (Å²) < 4.78 is 10.3. The van der Waals surface area contributed by atoms with Crippen LogP contribution in [-0.2, 0) is 17.8 Å². The number of nitrogens with zero attached hydrogens (tertiary/aromatic N) is 1. The third-order valence-corrected chi connectivity index (χ3v) is 3.23. The van der Waals surface area contributed by atoms with Crippen molar-refractivity contribution < 1.29 is 14.3 Å². The predicted molar refractivity (Wildman–Crippen MR) is 89.3 cm³/mol. The third-order valence-electron chi connectivity index (χ3n) is 3.23. The Morgan fingerprint density at radius 1 is 1.22 bits per heavy atom. The molecular formula is C17H23N3O3. The zero-order valence-electron chi connectivity index (χ0n) is 13.3. The molecule has 6 nitrogen and oxygen atoms in total. The van der Waals surface area contributed by atoms with Crippen molar-refractivity contribution in [2.24, 2.45) is 4.99 Å². The Morgan fingerprint density at radius 2 is 2.09 bits per heavy atom. The zero-order valence-corrected chi connectivity index (χ0v) is 13.3. The highest BCUT2D eigenvalue weighted by molar-refractivity contribution is 5.79. The van der Waals surface area contributed by atoms with E-state index in [1.165, 1.54) is 0 Å². The van der Waals surface area contributed by atoms with Crippen LogP contribution in [0.3, 0.4) is 0 Å². The maximum Gasteiger partial charge on any atom is 0.191 e. The van der Waals surface area contributed by atoms with Crippen LogP contribution in [0.1, 0.15) is 17.7 Å². The van der Waals surface area contributed by atoms with Gasteiger partial charge in [0.05, 0.1) is 19.4 Å². The van der Waals surface area contributed by atoms with E-state index in [1.807, 2.05) is 24.3 Å². The van der Waals surface area contributed by atoms with Crippen molar-refractivity contribution in [3.63, 3.8) is 0 Å². The van der Waals surface area contributed by atoms with Gasteiger partial charge in [-0.05, 0) is 24.6 Å². The van der Waals surface area contributed by atoms with Gasteiger partial charge < -0.3 is 24.9 Å². The Hall–Kier alpha value is -2.47. The molecule has 6 heteroatoms. The summed E-state index contributed by atoms with van der Waals surface area (Å²) in [5.74, 6) is 1.75. The molecule has 0 aliphatic heterocycles. The van der Waals surface area contributed by atoms with Crippen LogP contribution in [0, 0.1) is 0 Å². The number of ether oxygens (including phenoxy) is 1. The van der Waals surface area contributed by atoms with Crippen molar-refractivity contribution in [3.05, 3.63) is 54.0 Å². The summed E-state index contributed by atoms with van der Waals surface area (Å²) in [6.07, 6.45) is 2.52. The average Bonchev–Trinajstić information content (AvgIpc) is 3.08. The van der Waals surface area contributed by atoms with Crippen LogP contribution in [-0.4, -0.2) is 31.3 Å². The molecular weight excluding hydrogens is 294 g/mol. The van der Waals surface area contributed by atoms with Gasteiger partial charge >= 0.3 is 0 Å². The molecule has 0 aliphatic rings. The number of hydrogen-bond acceptors (Lipinski definition) is 4. The summed E-state index contributed by atoms with van der Waals surface area (Å²) in [7, 11) is 1.68. The number of methoxy groups -OCH3 is 1. The van der Waals surface area contributed by atoms with Crippen molar-refractivity contribution in [1.82, 2.24) is 10.6 Å². The van der Waals surface area contributed by atoms with Crippen molar-refractivity contribution >= 4 is 5.96 Å². The number of para-hydroxylation sites is 1. The Balaban J connectivity index is 1.93. The van der Waals surface area contributed by atoms with E-state index < -0.39 is 0 Å². The number of aromatic hydroxyl groups is 1. The van der Waals surface area contributed by atoms with Crippen molar-refractivity contribution in [3.8, 4) is 5.75 Å². The van der Waals surface area contributed by atoms with Crippen LogP contribution in [0.4, 0.5) is 0 Å². The molecule has 0 unspecified atom stereocenters. The number of benzene rings is 1. The van der Waals surface area contributed by atoms with Gasteiger partial charge in [0.1, 0.15) is 11.5 Å². The van der Waals surface area contributed by atoms with Gasteiger partial charge in [-0.3, -0.25) is 0 Å². The number of phenols is 1. The average molecular weight is 317 g/mol. The molecule has 3 N–H and O–H groups in total. The normalized spacial score (nSPS) is 11.4. The van der Waals surface area contributed by atoms with E-state index in [-0.39, 0.29) is 5.75 Å². The SMILES string of the molecule is COCCCNC(=NCc1ccccc1O)NCc1ccco1. The lowest BCUT2D eigenvalue weighted by Crippen LogP contribution is -2.37. The summed E-state index contributed by atoms with van der Waals surface area (Å²) in [4.78, 5) is 4.50. The number of guanidine groups is 1. The molecule has 0 spiro atoms. The Kier molecular flexibility index (Phi) is 7.00. The molecule has 124 valence electrons. The van der Waals surface area contributed by atoms with E-state index in [0.29, 0.717) is 25.7 Å². The Labute approximate surface area is 136 Å². The van der Waals surface area contributed by atoms with Gasteiger partial charge in [-0.1, -0.05) is 18.2 Å². The van der Waals surface area contributed by atoms with Crippen LogP contribution >= 0.6 is 0 Å². The molecule has 2 rings (SSSR count). The second-order valence-electron chi connectivity index (χ2n) is 5.00. The monoisotopic (exact) mass is 317 g/mol. The number of hydrogen-bond donors (Lipinski definition) is 3. The summed E-state index contributed by atoms with van der Waals surface area (Å²) in [6.45, 7) is 2.38. The molecule has 0 radical (unpaired) electrons. The Bertz CT molecular complexity index is 597. The van der Waals surface area contributed by atoms with Gasteiger partial charge in [-0.15, -0.1) is 0 Å². The van der Waals surface area contributed by atoms with Gasteiger partial charge in [-0.2, -0.15) is 0 Å². The minimum Gasteiger partial charge on any atom is -0.508 e. The van der Waals surface area contributed by atoms with E-state index in [4.69, 9.17) is 9.15 Å². The highest BCUT2D eigenvalue weighted by atomic mass is 16.5. The standard InChI is InChI=1S/C17H23N3O3/c1-22-10-5-9-18-17(20-13-15-7-4-11-23-15)19-12-14-6-2-3-8-16(14)21/h2-4,6-8,11,21H,5,9-10,12-13H2,1H3,(H2,18,19,20). The fourth-order valence-corrected chi connectivity index (χ4v) is 1.99. The number of furan rings is 1. The fourth-order valence-electron chi connectivity index (χ4n) is 1.99. The summed E-state index contributed by atoms with van der Waals surface area (Å²) in [5.41, 5.74) is 0.781. The maximum absolute atomic E-state index is 9.81. The first-order chi connectivity index (χ1) is 11.3. The van der Waals surface area contributed by atoms with Gasteiger partial charge in [0.25, 0.3) is 0 Å². The van der Waals surface area contributed by atoms with Crippen LogP contribution < -0.4 is 10.6 Å². The number of nitrogens with one attached hydrogen (secondary N) is 2. The maximum atomic E-state index is 9.81. The van der Waals surface area contributed by atoms with Crippen molar-refractivity contribution in [1.29, 1.82) is 0 Å². The molecule has 1 aromatic carbocycles. The molecule has 1 heterocycles. The van der Waals surface area contributed by atoms with Crippen LogP contribution in [0.2, 0.25) is 0 Å². The van der Waals surface area contributed by atoms with E-state index in [1.54, 1.807) is 25.5 Å². The lowest BCUT2D eigenvalue weighted by Gasteiger charge is -2.12. The molecule has 0 aliphatic carbocycles. The van der Waals surface area contributed by atoms with E-state index in [2.05, 4.69) is 15.6 Å². The largest absolute Gasteiger partial charge is 0.508 e. The molecule has 0 atom stereocenters. The van der Waals surface area contributed by atoms with Gasteiger partial charge in [0.15, 0.2) is 5.96 Å². The molecule has 2 aromatic rings. The van der Waals surface area contributed by atoms with E-state index in [9.17, 15) is 5.11 Å². The minimum atomic E-state index is 0.251. The van der Waals surface area contributed by atoms with Crippen molar-refractivity contribution in [2.45, 2.75) is 19.5 Å². The molecule has 0 amide bonds. The zero-order chi connectivity index (χ0) is 16.3. The predicted octanol–water partition coefficient (Wildman–Crippen LogP) is 2.26. The summed E-state index contributed by atoms with van der Waals surface area (Å²) >= 11 is 0. The second kappa shape index (κ2) is 9.53. The lowest BCUT2D eigenvalue weighted by atomic mass is 10.2. The number of rotatable bonds is 8. The highest BCUT2D eigenvalue weighted by Gasteiger charge is 2.03. The minimum absolute atomic E-state index is 0.251. The summed E-state index contributed by atoms with van der Waals surface area (Å²) in [6, 6.07) is 10.9. The van der Waals surface area contributed by atoms with Crippen LogP contribution in [0.15, 0.2) is 52.1 Å². The molecule has 0 saturated heterocycles.